The molecule has 1 saturated heterocycles. The second-order valence-corrected chi connectivity index (χ2v) is 6.28. The van der Waals surface area contributed by atoms with Gasteiger partial charge in [0.1, 0.15) is 0 Å². The lowest BCUT2D eigenvalue weighted by Gasteiger charge is -2.12. The molecule has 0 amide bonds. The lowest BCUT2D eigenvalue weighted by molar-refractivity contribution is 0.337. The van der Waals surface area contributed by atoms with E-state index in [1.807, 2.05) is 18.2 Å². The van der Waals surface area contributed by atoms with Crippen LogP contribution in [0.2, 0.25) is 0 Å². The van der Waals surface area contributed by atoms with E-state index in [0.717, 1.165) is 24.3 Å². The summed E-state index contributed by atoms with van der Waals surface area (Å²) < 4.78 is 0. The molecule has 1 heterocycles. The van der Waals surface area contributed by atoms with Gasteiger partial charge in [-0.05, 0) is 35.6 Å². The number of hydrogen-bond acceptors (Lipinski definition) is 2. The van der Waals surface area contributed by atoms with Gasteiger partial charge in [-0.25, -0.2) is 0 Å². The summed E-state index contributed by atoms with van der Waals surface area (Å²) in [5, 5.41) is 11.0. The molecule has 0 unspecified atom stereocenters. The quantitative estimate of drug-likeness (QED) is 0.531. The molecule has 0 N–H and O–H groups in total. The second-order valence-electron chi connectivity index (χ2n) is 6.28. The molecule has 3 aromatic carbocycles. The molecular formula is C22H21N3. The summed E-state index contributed by atoms with van der Waals surface area (Å²) in [7, 11) is 0. The van der Waals surface area contributed by atoms with Gasteiger partial charge in [-0.2, -0.15) is 0 Å². The fraction of sp³-hybridized carbons (Fsp3) is 0.182. The van der Waals surface area contributed by atoms with Crippen LogP contribution in [-0.4, -0.2) is 18.1 Å². The van der Waals surface area contributed by atoms with E-state index in [4.69, 9.17) is 0 Å². The zero-order chi connectivity index (χ0) is 16.9. The third kappa shape index (κ3) is 3.45. The largest absolute Gasteiger partial charge is 0.278 e. The average molecular weight is 327 g/mol. The average Bonchev–Trinajstić information content (AvgIpc) is 3.21. The van der Waals surface area contributed by atoms with Crippen LogP contribution in [0.3, 0.4) is 0 Å². The molecule has 3 nitrogen and oxygen atoms in total. The van der Waals surface area contributed by atoms with Crippen molar-refractivity contribution in [1.29, 1.82) is 0 Å². The molecule has 3 aromatic rings. The Morgan fingerprint density at radius 3 is 1.96 bits per heavy atom. The van der Waals surface area contributed by atoms with Crippen LogP contribution in [0.15, 0.2) is 89.2 Å². The maximum absolute atomic E-state index is 4.55. The number of hydrogen-bond donors (Lipinski definition) is 0. The highest BCUT2D eigenvalue weighted by molar-refractivity contribution is 5.88. The van der Waals surface area contributed by atoms with Crippen molar-refractivity contribution in [3.05, 3.63) is 78.9 Å². The van der Waals surface area contributed by atoms with E-state index in [9.17, 15) is 0 Å². The summed E-state index contributed by atoms with van der Waals surface area (Å²) in [5.41, 5.74) is 5.64. The van der Waals surface area contributed by atoms with Crippen LogP contribution in [0, 0.1) is 0 Å². The van der Waals surface area contributed by atoms with Crippen LogP contribution in [0.1, 0.15) is 12.8 Å². The topological polar surface area (TPSA) is 28.0 Å². The Morgan fingerprint density at radius 1 is 0.600 bits per heavy atom. The first-order valence-corrected chi connectivity index (χ1v) is 8.82. The zero-order valence-corrected chi connectivity index (χ0v) is 14.2. The normalized spacial score (nSPS) is 14.3. The summed E-state index contributed by atoms with van der Waals surface area (Å²) in [5.74, 6) is 0. The Balaban J connectivity index is 1.76. The molecule has 0 aromatic heterocycles. The van der Waals surface area contributed by atoms with Crippen molar-refractivity contribution in [1.82, 2.24) is 5.01 Å². The summed E-state index contributed by atoms with van der Waals surface area (Å²) in [6.07, 6.45) is 2.41. The number of rotatable bonds is 4. The van der Waals surface area contributed by atoms with Gasteiger partial charge in [0.2, 0.25) is 0 Å². The van der Waals surface area contributed by atoms with E-state index >= 15 is 0 Å². The van der Waals surface area contributed by atoms with E-state index in [-0.39, 0.29) is 0 Å². The Labute approximate surface area is 148 Å². The maximum atomic E-state index is 4.55. The molecule has 0 atom stereocenters. The highest BCUT2D eigenvalue weighted by Gasteiger charge is 2.12. The van der Waals surface area contributed by atoms with Gasteiger partial charge in [0.25, 0.3) is 0 Å². The van der Waals surface area contributed by atoms with Crippen LogP contribution >= 0.6 is 0 Å². The lowest BCUT2D eigenvalue weighted by Crippen LogP contribution is -2.09. The van der Waals surface area contributed by atoms with E-state index in [0.29, 0.717) is 0 Å². The maximum Gasteiger partial charge on any atom is 0.0952 e. The van der Waals surface area contributed by atoms with E-state index in [1.54, 1.807) is 0 Å². The standard InChI is InChI=1S/C22H21N3/c1-2-10-18(11-3-1)19-12-4-5-13-20(19)21-14-6-7-15-22(21)23-24-25-16-8-9-17-25/h1-7,10-15H,8-9,16-17H2. The monoisotopic (exact) mass is 327 g/mol. The van der Waals surface area contributed by atoms with Crippen molar-refractivity contribution in [3.8, 4) is 22.3 Å². The first-order chi connectivity index (χ1) is 12.4. The number of nitrogens with zero attached hydrogens (tertiary/aromatic N) is 3. The molecule has 0 aliphatic carbocycles. The van der Waals surface area contributed by atoms with Crippen LogP contribution in [0.25, 0.3) is 22.3 Å². The highest BCUT2D eigenvalue weighted by Crippen LogP contribution is 2.37. The first-order valence-electron chi connectivity index (χ1n) is 8.82. The predicted molar refractivity (Wildman–Crippen MR) is 103 cm³/mol. The third-order valence-electron chi connectivity index (χ3n) is 4.57. The minimum absolute atomic E-state index is 0.915. The molecule has 0 bridgehead atoms. The summed E-state index contributed by atoms with van der Waals surface area (Å²) in [6, 6.07) is 27.2. The molecule has 0 saturated carbocycles. The van der Waals surface area contributed by atoms with Crippen molar-refractivity contribution in [3.63, 3.8) is 0 Å². The summed E-state index contributed by atoms with van der Waals surface area (Å²) in [4.78, 5) is 0. The Kier molecular flexibility index (Phi) is 4.55. The fourth-order valence-electron chi connectivity index (χ4n) is 3.28. The Hall–Kier alpha value is -2.94. The molecule has 1 fully saturated rings. The lowest BCUT2D eigenvalue weighted by atomic mass is 9.94. The predicted octanol–water partition coefficient (Wildman–Crippen LogP) is 6.12. The van der Waals surface area contributed by atoms with Crippen LogP contribution in [0.4, 0.5) is 5.69 Å². The summed E-state index contributed by atoms with van der Waals surface area (Å²) in [6.45, 7) is 2.01. The van der Waals surface area contributed by atoms with E-state index in [2.05, 4.69) is 76.0 Å². The van der Waals surface area contributed by atoms with Crippen molar-refractivity contribution in [2.45, 2.75) is 12.8 Å². The molecular weight excluding hydrogens is 306 g/mol. The van der Waals surface area contributed by atoms with E-state index in [1.165, 1.54) is 29.5 Å². The minimum atomic E-state index is 0.915. The molecule has 0 spiro atoms. The number of benzene rings is 3. The van der Waals surface area contributed by atoms with Gasteiger partial charge in [-0.15, -0.1) is 5.11 Å². The van der Waals surface area contributed by atoms with Crippen molar-refractivity contribution < 1.29 is 0 Å². The van der Waals surface area contributed by atoms with Gasteiger partial charge in [0.15, 0.2) is 0 Å². The van der Waals surface area contributed by atoms with Crippen LogP contribution < -0.4 is 0 Å². The molecule has 4 rings (SSSR count). The molecule has 1 aliphatic rings. The highest BCUT2D eigenvalue weighted by atomic mass is 15.5. The van der Waals surface area contributed by atoms with Crippen LogP contribution in [0.5, 0.6) is 0 Å². The van der Waals surface area contributed by atoms with E-state index < -0.39 is 0 Å². The second kappa shape index (κ2) is 7.31. The fourth-order valence-corrected chi connectivity index (χ4v) is 3.28. The zero-order valence-electron chi connectivity index (χ0n) is 14.2. The summed E-state index contributed by atoms with van der Waals surface area (Å²) >= 11 is 0. The van der Waals surface area contributed by atoms with Gasteiger partial charge in [-0.1, -0.05) is 78.0 Å². The van der Waals surface area contributed by atoms with Crippen molar-refractivity contribution in [2.24, 2.45) is 10.3 Å². The van der Waals surface area contributed by atoms with Gasteiger partial charge in [0.05, 0.1) is 5.69 Å². The van der Waals surface area contributed by atoms with Gasteiger partial charge >= 0.3 is 0 Å². The Morgan fingerprint density at radius 2 is 1.20 bits per heavy atom. The molecule has 124 valence electrons. The smallest absolute Gasteiger partial charge is 0.0952 e. The molecule has 3 heteroatoms. The Bertz CT molecular complexity index is 865. The van der Waals surface area contributed by atoms with Crippen molar-refractivity contribution in [2.75, 3.05) is 13.1 Å². The third-order valence-corrected chi connectivity index (χ3v) is 4.57. The van der Waals surface area contributed by atoms with Gasteiger partial charge in [-0.3, -0.25) is 5.01 Å². The molecule has 0 radical (unpaired) electrons. The molecule has 25 heavy (non-hydrogen) atoms. The van der Waals surface area contributed by atoms with Gasteiger partial charge in [0, 0.05) is 18.7 Å². The first kappa shape index (κ1) is 15.6. The SMILES string of the molecule is c1ccc(-c2ccccc2-c2ccccc2N=NN2CCCC2)cc1. The molecule has 1 aliphatic heterocycles. The van der Waals surface area contributed by atoms with Gasteiger partial charge < -0.3 is 0 Å². The van der Waals surface area contributed by atoms with Crippen molar-refractivity contribution >= 4 is 5.69 Å². The minimum Gasteiger partial charge on any atom is -0.278 e. The van der Waals surface area contributed by atoms with Crippen LogP contribution in [-0.2, 0) is 0 Å².